The number of thiophene rings is 1. The van der Waals surface area contributed by atoms with E-state index in [0.29, 0.717) is 23.5 Å². The van der Waals surface area contributed by atoms with E-state index in [-0.39, 0.29) is 11.8 Å². The lowest BCUT2D eigenvalue weighted by atomic mass is 10.2. The monoisotopic (exact) mass is 304 g/mol. The molecule has 0 radical (unpaired) electrons. The molecule has 0 bridgehead atoms. The van der Waals surface area contributed by atoms with Crippen molar-refractivity contribution in [3.8, 4) is 0 Å². The third-order valence-electron chi connectivity index (χ3n) is 3.79. The van der Waals surface area contributed by atoms with Crippen LogP contribution in [0, 0.1) is 0 Å². The van der Waals surface area contributed by atoms with Crippen LogP contribution in [0.5, 0.6) is 0 Å². The van der Waals surface area contributed by atoms with Crippen LogP contribution >= 0.6 is 11.3 Å². The number of aromatic nitrogens is 1. The van der Waals surface area contributed by atoms with Crippen LogP contribution in [-0.4, -0.2) is 41.3 Å². The maximum atomic E-state index is 12.7. The molecule has 21 heavy (non-hydrogen) atoms. The normalized spacial score (nSPS) is 18.1. The molecule has 0 aliphatic carbocycles. The van der Waals surface area contributed by atoms with Gasteiger partial charge in [0, 0.05) is 31.4 Å². The van der Waals surface area contributed by atoms with Crippen LogP contribution in [-0.2, 0) is 4.79 Å². The third-order valence-corrected chi connectivity index (χ3v) is 4.93. The molecule has 1 saturated heterocycles. The molecule has 2 aromatic heterocycles. The molecule has 110 valence electrons. The van der Waals surface area contributed by atoms with E-state index in [4.69, 9.17) is 5.73 Å². The van der Waals surface area contributed by atoms with Gasteiger partial charge in [-0.1, -0.05) is 0 Å². The number of carbonyl (C=O) groups is 2. The van der Waals surface area contributed by atoms with Crippen molar-refractivity contribution in [2.45, 2.75) is 18.9 Å². The first-order valence-electron chi connectivity index (χ1n) is 6.78. The fourth-order valence-corrected chi connectivity index (χ4v) is 3.76. The number of nitrogens with one attached hydrogen (secondary N) is 1. The van der Waals surface area contributed by atoms with Crippen molar-refractivity contribution < 1.29 is 9.59 Å². The Bertz CT molecular complexity index is 712. The van der Waals surface area contributed by atoms with Crippen molar-refractivity contribution in [3.05, 3.63) is 23.3 Å². The Balaban J connectivity index is 1.96. The average molecular weight is 304 g/mol. The van der Waals surface area contributed by atoms with Crippen LogP contribution in [0.3, 0.4) is 0 Å². The lowest BCUT2D eigenvalue weighted by Gasteiger charge is -2.22. The summed E-state index contributed by atoms with van der Waals surface area (Å²) in [6, 6.07) is 1.41. The predicted octanol–water partition coefficient (Wildman–Crippen LogP) is 1.23. The van der Waals surface area contributed by atoms with Gasteiger partial charge in [-0.3, -0.25) is 14.6 Å². The van der Waals surface area contributed by atoms with Crippen molar-refractivity contribution in [2.75, 3.05) is 19.3 Å². The second-order valence-corrected chi connectivity index (χ2v) is 6.04. The minimum Gasteiger partial charge on any atom is -0.397 e. The fourth-order valence-electron chi connectivity index (χ4n) is 2.71. The Hall–Kier alpha value is -2.15. The summed E-state index contributed by atoms with van der Waals surface area (Å²) in [6.07, 6.45) is 4.88. The van der Waals surface area contributed by atoms with Crippen LogP contribution < -0.4 is 11.1 Å². The Kier molecular flexibility index (Phi) is 3.50. The number of fused-ring (bicyclic) bond motifs is 1. The van der Waals surface area contributed by atoms with E-state index in [1.54, 1.807) is 30.4 Å². The van der Waals surface area contributed by atoms with Crippen LogP contribution in [0.1, 0.15) is 22.5 Å². The van der Waals surface area contributed by atoms with Crippen molar-refractivity contribution in [2.24, 2.45) is 0 Å². The number of hydrogen-bond donors (Lipinski definition) is 2. The molecule has 1 aliphatic heterocycles. The highest BCUT2D eigenvalue weighted by molar-refractivity contribution is 7.21. The number of amides is 2. The molecule has 0 saturated carbocycles. The first-order valence-corrected chi connectivity index (χ1v) is 7.59. The lowest BCUT2D eigenvalue weighted by Crippen LogP contribution is -2.44. The van der Waals surface area contributed by atoms with E-state index in [9.17, 15) is 9.59 Å². The van der Waals surface area contributed by atoms with Crippen LogP contribution in [0.25, 0.3) is 10.1 Å². The van der Waals surface area contributed by atoms with E-state index in [2.05, 4.69) is 10.3 Å². The number of likely N-dealkylation sites (tertiary alicyclic amines) is 1. The zero-order chi connectivity index (χ0) is 15.0. The quantitative estimate of drug-likeness (QED) is 0.873. The molecule has 1 atom stereocenters. The number of anilines is 1. The highest BCUT2D eigenvalue weighted by atomic mass is 32.1. The standard InChI is InChI=1S/C14H16N4O2S/c1-16-13(19)9-3-2-6-18(9)14(20)12-11(15)8-4-5-17-7-10(8)21-12/h4-5,7,9H,2-3,6,15H2,1H3,(H,16,19). The molecule has 7 heteroatoms. The fraction of sp³-hybridized carbons (Fsp3) is 0.357. The summed E-state index contributed by atoms with van der Waals surface area (Å²) in [4.78, 5) is 30.8. The maximum Gasteiger partial charge on any atom is 0.266 e. The van der Waals surface area contributed by atoms with Gasteiger partial charge in [0.05, 0.1) is 10.4 Å². The van der Waals surface area contributed by atoms with Crippen molar-refractivity contribution in [1.82, 2.24) is 15.2 Å². The molecule has 2 aromatic rings. The molecule has 2 amide bonds. The smallest absolute Gasteiger partial charge is 0.266 e. The van der Waals surface area contributed by atoms with Crippen LogP contribution in [0.4, 0.5) is 5.69 Å². The Morgan fingerprint density at radius 2 is 2.33 bits per heavy atom. The van der Waals surface area contributed by atoms with Crippen LogP contribution in [0.15, 0.2) is 18.5 Å². The molecule has 1 fully saturated rings. The van der Waals surface area contributed by atoms with Gasteiger partial charge in [-0.25, -0.2) is 0 Å². The summed E-state index contributed by atoms with van der Waals surface area (Å²) < 4.78 is 0.883. The molecule has 3 N–H and O–H groups in total. The Morgan fingerprint density at radius 1 is 1.52 bits per heavy atom. The summed E-state index contributed by atoms with van der Waals surface area (Å²) in [5.74, 6) is -0.290. The number of likely N-dealkylation sites (N-methyl/N-ethyl adjacent to an activating group) is 1. The average Bonchev–Trinajstić information content (AvgIpc) is 3.11. The number of nitrogens with two attached hydrogens (primary N) is 1. The molecule has 1 aliphatic rings. The highest BCUT2D eigenvalue weighted by Crippen LogP contribution is 2.35. The van der Waals surface area contributed by atoms with Gasteiger partial charge >= 0.3 is 0 Å². The van der Waals surface area contributed by atoms with E-state index < -0.39 is 6.04 Å². The summed E-state index contributed by atoms with van der Waals surface area (Å²) in [7, 11) is 1.59. The molecule has 1 unspecified atom stereocenters. The number of hydrogen-bond acceptors (Lipinski definition) is 5. The molecule has 3 rings (SSSR count). The van der Waals surface area contributed by atoms with Crippen LogP contribution in [0.2, 0.25) is 0 Å². The molecular weight excluding hydrogens is 288 g/mol. The summed E-state index contributed by atoms with van der Waals surface area (Å²) in [6.45, 7) is 0.586. The van der Waals surface area contributed by atoms with E-state index >= 15 is 0 Å². The van der Waals surface area contributed by atoms with Gasteiger partial charge in [-0.05, 0) is 18.9 Å². The summed E-state index contributed by atoms with van der Waals surface area (Å²) in [5, 5.41) is 3.46. The molecule has 0 spiro atoms. The number of nitrogens with zero attached hydrogens (tertiary/aromatic N) is 2. The minimum absolute atomic E-state index is 0.123. The number of pyridine rings is 1. The summed E-state index contributed by atoms with van der Waals surface area (Å²) in [5.41, 5.74) is 6.57. The second kappa shape index (κ2) is 5.33. The van der Waals surface area contributed by atoms with Crippen molar-refractivity contribution in [1.29, 1.82) is 0 Å². The highest BCUT2D eigenvalue weighted by Gasteiger charge is 2.35. The number of rotatable bonds is 2. The van der Waals surface area contributed by atoms with E-state index in [0.717, 1.165) is 16.5 Å². The zero-order valence-corrected chi connectivity index (χ0v) is 12.4. The Labute approximate surface area is 125 Å². The van der Waals surface area contributed by atoms with Gasteiger partial charge in [0.15, 0.2) is 0 Å². The third kappa shape index (κ3) is 2.23. The summed E-state index contributed by atoms with van der Waals surface area (Å²) >= 11 is 1.33. The zero-order valence-electron chi connectivity index (χ0n) is 11.6. The first-order chi connectivity index (χ1) is 10.1. The largest absolute Gasteiger partial charge is 0.397 e. The van der Waals surface area contributed by atoms with Gasteiger partial charge in [0.2, 0.25) is 5.91 Å². The SMILES string of the molecule is CNC(=O)C1CCCN1C(=O)c1sc2cnccc2c1N. The topological polar surface area (TPSA) is 88.3 Å². The second-order valence-electron chi connectivity index (χ2n) is 4.99. The van der Waals surface area contributed by atoms with Gasteiger partial charge in [0.25, 0.3) is 5.91 Å². The van der Waals surface area contributed by atoms with Gasteiger partial charge in [-0.15, -0.1) is 11.3 Å². The maximum absolute atomic E-state index is 12.7. The molecule has 6 nitrogen and oxygen atoms in total. The van der Waals surface area contributed by atoms with Crippen molar-refractivity contribution >= 4 is 38.9 Å². The van der Waals surface area contributed by atoms with Crippen molar-refractivity contribution in [3.63, 3.8) is 0 Å². The number of carbonyl (C=O) groups excluding carboxylic acids is 2. The van der Waals surface area contributed by atoms with E-state index in [1.807, 2.05) is 0 Å². The first kappa shape index (κ1) is 13.8. The van der Waals surface area contributed by atoms with Gasteiger partial charge in [-0.2, -0.15) is 0 Å². The molecule has 3 heterocycles. The minimum atomic E-state index is -0.398. The predicted molar refractivity (Wildman–Crippen MR) is 82.2 cm³/mol. The molecule has 0 aromatic carbocycles. The van der Waals surface area contributed by atoms with E-state index in [1.165, 1.54) is 11.3 Å². The van der Waals surface area contributed by atoms with Gasteiger partial charge in [0.1, 0.15) is 10.9 Å². The van der Waals surface area contributed by atoms with Gasteiger partial charge < -0.3 is 16.0 Å². The number of nitrogen functional groups attached to an aromatic ring is 1. The molecular formula is C14H16N4O2S. The Morgan fingerprint density at radius 3 is 3.05 bits per heavy atom. The lowest BCUT2D eigenvalue weighted by molar-refractivity contribution is -0.124.